The quantitative estimate of drug-likeness (QED) is 0.198. The van der Waals surface area contributed by atoms with E-state index in [2.05, 4.69) is 19.2 Å². The van der Waals surface area contributed by atoms with E-state index in [1.54, 1.807) is 6.92 Å². The summed E-state index contributed by atoms with van der Waals surface area (Å²) in [6, 6.07) is -0.275. The number of alkyl carbamates (subject to hydrolysis) is 1. The standard InChI is InChI=1S/C23H45NO4/c1-4-6-8-10-11-12-13-14-15-17-18-27-22(25)20-21(3)24-23(26)28-19-16-9-7-5-2/h21H,4-20H2,1-3H3,(H,24,26). The molecular formula is C23H45NO4. The number of nitrogens with one attached hydrogen (secondary N) is 1. The molecule has 0 aliphatic rings. The molecule has 1 N–H and O–H groups in total. The first-order valence-electron chi connectivity index (χ1n) is 11.7. The third kappa shape index (κ3) is 19.5. The zero-order chi connectivity index (χ0) is 20.9. The molecule has 0 aromatic carbocycles. The molecule has 0 saturated heterocycles. The number of rotatable bonds is 19. The highest BCUT2D eigenvalue weighted by Gasteiger charge is 2.13. The molecule has 0 aliphatic carbocycles. The van der Waals surface area contributed by atoms with Crippen molar-refractivity contribution in [1.29, 1.82) is 0 Å². The Bertz CT molecular complexity index is 374. The van der Waals surface area contributed by atoms with Crippen LogP contribution in [0.5, 0.6) is 0 Å². The first kappa shape index (κ1) is 26.7. The maximum absolute atomic E-state index is 11.8. The van der Waals surface area contributed by atoms with E-state index in [4.69, 9.17) is 9.47 Å². The topological polar surface area (TPSA) is 64.6 Å². The summed E-state index contributed by atoms with van der Waals surface area (Å²) < 4.78 is 10.4. The van der Waals surface area contributed by atoms with Gasteiger partial charge in [-0.1, -0.05) is 90.9 Å². The predicted molar refractivity (Wildman–Crippen MR) is 116 cm³/mol. The van der Waals surface area contributed by atoms with Crippen molar-refractivity contribution in [1.82, 2.24) is 5.32 Å². The zero-order valence-electron chi connectivity index (χ0n) is 18.7. The molecule has 0 bridgehead atoms. The molecule has 1 amide bonds. The van der Waals surface area contributed by atoms with Gasteiger partial charge in [0, 0.05) is 6.04 Å². The van der Waals surface area contributed by atoms with Crippen molar-refractivity contribution in [3.63, 3.8) is 0 Å². The lowest BCUT2D eigenvalue weighted by molar-refractivity contribution is -0.144. The van der Waals surface area contributed by atoms with Gasteiger partial charge in [0.1, 0.15) is 0 Å². The van der Waals surface area contributed by atoms with E-state index in [1.807, 2.05) is 0 Å². The molecule has 28 heavy (non-hydrogen) atoms. The normalized spacial score (nSPS) is 11.8. The van der Waals surface area contributed by atoms with Crippen molar-refractivity contribution in [3.05, 3.63) is 0 Å². The number of carbonyl (C=O) groups excluding carboxylic acids is 2. The van der Waals surface area contributed by atoms with Crippen LogP contribution in [0.15, 0.2) is 0 Å². The molecule has 5 heteroatoms. The molecule has 1 atom stereocenters. The van der Waals surface area contributed by atoms with Gasteiger partial charge in [-0.25, -0.2) is 4.79 Å². The molecule has 0 spiro atoms. The average Bonchev–Trinajstić information content (AvgIpc) is 2.65. The third-order valence-electron chi connectivity index (χ3n) is 4.83. The second-order valence-electron chi connectivity index (χ2n) is 7.85. The summed E-state index contributed by atoms with van der Waals surface area (Å²) in [5.74, 6) is -0.258. The van der Waals surface area contributed by atoms with Crippen LogP contribution in [0.2, 0.25) is 0 Å². The van der Waals surface area contributed by atoms with Gasteiger partial charge in [0.2, 0.25) is 0 Å². The fraction of sp³-hybridized carbons (Fsp3) is 0.913. The van der Waals surface area contributed by atoms with E-state index in [0.29, 0.717) is 13.2 Å². The summed E-state index contributed by atoms with van der Waals surface area (Å²) in [7, 11) is 0. The minimum atomic E-state index is -0.452. The van der Waals surface area contributed by atoms with Crippen molar-refractivity contribution >= 4 is 12.1 Å². The lowest BCUT2D eigenvalue weighted by atomic mass is 10.1. The van der Waals surface area contributed by atoms with Gasteiger partial charge in [-0.15, -0.1) is 0 Å². The van der Waals surface area contributed by atoms with Crippen LogP contribution in [0.1, 0.15) is 117 Å². The van der Waals surface area contributed by atoms with Crippen LogP contribution in [-0.4, -0.2) is 31.3 Å². The van der Waals surface area contributed by atoms with E-state index in [9.17, 15) is 9.59 Å². The van der Waals surface area contributed by atoms with Gasteiger partial charge in [0.15, 0.2) is 0 Å². The maximum atomic E-state index is 11.8. The summed E-state index contributed by atoms with van der Waals surface area (Å²) in [5.41, 5.74) is 0. The zero-order valence-corrected chi connectivity index (χ0v) is 18.7. The molecule has 0 rings (SSSR count). The van der Waals surface area contributed by atoms with Crippen LogP contribution in [-0.2, 0) is 14.3 Å². The number of ether oxygens (including phenoxy) is 2. The Labute approximate surface area is 173 Å². The van der Waals surface area contributed by atoms with Crippen LogP contribution in [0, 0.1) is 0 Å². The Morgan fingerprint density at radius 2 is 1.11 bits per heavy atom. The Balaban J connectivity index is 3.46. The highest BCUT2D eigenvalue weighted by atomic mass is 16.5. The fourth-order valence-corrected chi connectivity index (χ4v) is 3.07. The summed E-state index contributed by atoms with van der Waals surface area (Å²) >= 11 is 0. The van der Waals surface area contributed by atoms with E-state index in [-0.39, 0.29) is 18.4 Å². The third-order valence-corrected chi connectivity index (χ3v) is 4.83. The first-order chi connectivity index (χ1) is 13.6. The minimum Gasteiger partial charge on any atom is -0.466 e. The average molecular weight is 400 g/mol. The molecule has 0 aromatic heterocycles. The van der Waals surface area contributed by atoms with Crippen molar-refractivity contribution in [2.75, 3.05) is 13.2 Å². The molecule has 1 unspecified atom stereocenters. The highest BCUT2D eigenvalue weighted by Crippen LogP contribution is 2.10. The van der Waals surface area contributed by atoms with Crippen LogP contribution >= 0.6 is 0 Å². The highest BCUT2D eigenvalue weighted by molar-refractivity contribution is 5.72. The SMILES string of the molecule is CCCCCCCCCCCCOC(=O)CC(C)NC(=O)OCCCCCC. The molecule has 0 radical (unpaired) electrons. The largest absolute Gasteiger partial charge is 0.466 e. The number of amides is 1. The summed E-state index contributed by atoms with van der Waals surface area (Å²) in [5, 5.41) is 2.68. The Kier molecular flexibility index (Phi) is 19.6. The van der Waals surface area contributed by atoms with Gasteiger partial charge < -0.3 is 14.8 Å². The van der Waals surface area contributed by atoms with Crippen LogP contribution in [0.25, 0.3) is 0 Å². The lowest BCUT2D eigenvalue weighted by Gasteiger charge is -2.13. The Morgan fingerprint density at radius 3 is 1.64 bits per heavy atom. The Morgan fingerprint density at radius 1 is 0.679 bits per heavy atom. The molecule has 0 fully saturated rings. The lowest BCUT2D eigenvalue weighted by Crippen LogP contribution is -2.35. The van der Waals surface area contributed by atoms with Crippen molar-refractivity contribution in [3.8, 4) is 0 Å². The van der Waals surface area contributed by atoms with Crippen molar-refractivity contribution in [2.24, 2.45) is 0 Å². The molecule has 0 heterocycles. The van der Waals surface area contributed by atoms with Crippen molar-refractivity contribution in [2.45, 2.75) is 123 Å². The number of esters is 1. The fourth-order valence-electron chi connectivity index (χ4n) is 3.07. The smallest absolute Gasteiger partial charge is 0.407 e. The van der Waals surface area contributed by atoms with E-state index in [1.165, 1.54) is 51.4 Å². The van der Waals surface area contributed by atoms with E-state index < -0.39 is 6.09 Å². The van der Waals surface area contributed by atoms with Gasteiger partial charge in [-0.05, 0) is 19.8 Å². The van der Waals surface area contributed by atoms with Gasteiger partial charge in [0.25, 0.3) is 0 Å². The first-order valence-corrected chi connectivity index (χ1v) is 11.7. The number of carbonyl (C=O) groups is 2. The van der Waals surface area contributed by atoms with E-state index in [0.717, 1.165) is 38.5 Å². The minimum absolute atomic E-state index is 0.183. The van der Waals surface area contributed by atoms with E-state index >= 15 is 0 Å². The number of hydrogen-bond acceptors (Lipinski definition) is 4. The van der Waals surface area contributed by atoms with Gasteiger partial charge in [-0.2, -0.15) is 0 Å². The van der Waals surface area contributed by atoms with Crippen LogP contribution < -0.4 is 5.32 Å². The summed E-state index contributed by atoms with van der Waals surface area (Å²) in [4.78, 5) is 23.5. The van der Waals surface area contributed by atoms with Gasteiger partial charge in [0.05, 0.1) is 19.6 Å². The second-order valence-corrected chi connectivity index (χ2v) is 7.85. The number of unbranched alkanes of at least 4 members (excludes halogenated alkanes) is 12. The molecule has 0 aromatic rings. The Hall–Kier alpha value is -1.26. The van der Waals surface area contributed by atoms with Gasteiger partial charge >= 0.3 is 12.1 Å². The monoisotopic (exact) mass is 399 g/mol. The predicted octanol–water partition coefficient (Wildman–Crippen LogP) is 6.54. The maximum Gasteiger partial charge on any atom is 0.407 e. The van der Waals surface area contributed by atoms with Crippen LogP contribution in [0.3, 0.4) is 0 Å². The molecule has 0 saturated carbocycles. The van der Waals surface area contributed by atoms with Gasteiger partial charge in [-0.3, -0.25) is 4.79 Å². The van der Waals surface area contributed by atoms with Crippen molar-refractivity contribution < 1.29 is 19.1 Å². The summed E-state index contributed by atoms with van der Waals surface area (Å²) in [6.07, 6.45) is 16.6. The molecule has 5 nitrogen and oxygen atoms in total. The molecular weight excluding hydrogens is 354 g/mol. The summed E-state index contributed by atoms with van der Waals surface area (Å²) in [6.45, 7) is 7.09. The molecule has 166 valence electrons. The number of hydrogen-bond donors (Lipinski definition) is 1. The van der Waals surface area contributed by atoms with Crippen LogP contribution in [0.4, 0.5) is 4.79 Å². The molecule has 0 aliphatic heterocycles. The second kappa shape index (κ2) is 20.5.